The molecular weight excluding hydrogens is 498 g/mol. The third kappa shape index (κ3) is 6.09. The summed E-state index contributed by atoms with van der Waals surface area (Å²) >= 11 is 0. The molecule has 1 aromatic heterocycles. The number of Topliss-reactive ketones (excluding diaryl/α,β-unsaturated/α-hetero) is 2. The van der Waals surface area contributed by atoms with E-state index in [9.17, 15) is 24.0 Å². The number of primary amides is 1. The van der Waals surface area contributed by atoms with E-state index in [2.05, 4.69) is 24.1 Å². The highest BCUT2D eigenvalue weighted by Crippen LogP contribution is 2.65. The van der Waals surface area contributed by atoms with Gasteiger partial charge in [0.15, 0.2) is 0 Å². The van der Waals surface area contributed by atoms with Crippen molar-refractivity contribution in [3.8, 4) is 0 Å². The smallest absolute Gasteiger partial charge is 0.287 e. The Morgan fingerprint density at radius 1 is 1.15 bits per heavy atom. The van der Waals surface area contributed by atoms with E-state index in [1.165, 1.54) is 0 Å². The number of imidazole rings is 1. The highest BCUT2D eigenvalue weighted by atomic mass is 16.2. The number of fused-ring (bicyclic) bond motifs is 1. The Hall–Kier alpha value is -3.04. The van der Waals surface area contributed by atoms with Gasteiger partial charge in [0.25, 0.3) is 5.91 Å². The highest BCUT2D eigenvalue weighted by Gasteiger charge is 2.69. The number of nitrogens with one attached hydrogen (secondary N) is 1. The van der Waals surface area contributed by atoms with Gasteiger partial charge in [-0.1, -0.05) is 46.5 Å². The van der Waals surface area contributed by atoms with Gasteiger partial charge in [0.05, 0.1) is 24.5 Å². The largest absolute Gasteiger partial charge is 0.363 e. The molecule has 3 amide bonds. The van der Waals surface area contributed by atoms with Gasteiger partial charge in [-0.15, -0.1) is 0 Å². The second-order valence-electron chi connectivity index (χ2n) is 12.4. The van der Waals surface area contributed by atoms with Crippen LogP contribution in [0, 0.1) is 29.1 Å². The SMILES string of the molecule is CCCC(NC(=O)[C@@H]1C2C(CN1C(=O)C(CC(=O)Cc1cn(C)cn1)C1CCCCC1)C2(C)C)C(=O)C(N)=O. The molecule has 1 saturated heterocycles. The Labute approximate surface area is 230 Å². The van der Waals surface area contributed by atoms with Gasteiger partial charge in [0, 0.05) is 32.1 Å². The Balaban J connectivity index is 1.55. The lowest BCUT2D eigenvalue weighted by Gasteiger charge is -2.36. The van der Waals surface area contributed by atoms with Crippen LogP contribution in [0.15, 0.2) is 12.5 Å². The number of likely N-dealkylation sites (tertiary alicyclic amines) is 1. The molecule has 214 valence electrons. The number of carbonyl (C=O) groups is 5. The second-order valence-corrected chi connectivity index (χ2v) is 12.4. The number of ketones is 2. The number of nitrogens with two attached hydrogens (primary N) is 1. The second kappa shape index (κ2) is 11.6. The molecule has 0 bridgehead atoms. The molecule has 3 N–H and O–H groups in total. The number of piperidine rings is 1. The van der Waals surface area contributed by atoms with Crippen molar-refractivity contribution < 1.29 is 24.0 Å². The van der Waals surface area contributed by atoms with E-state index in [0.717, 1.165) is 32.1 Å². The first-order chi connectivity index (χ1) is 18.4. The van der Waals surface area contributed by atoms with E-state index in [4.69, 9.17) is 5.73 Å². The minimum Gasteiger partial charge on any atom is -0.363 e. The third-order valence-corrected chi connectivity index (χ3v) is 9.33. The van der Waals surface area contributed by atoms with Crippen molar-refractivity contribution >= 4 is 29.3 Å². The number of amides is 3. The van der Waals surface area contributed by atoms with Gasteiger partial charge in [0.1, 0.15) is 11.8 Å². The van der Waals surface area contributed by atoms with Crippen LogP contribution in [0.2, 0.25) is 0 Å². The Morgan fingerprint density at radius 3 is 2.44 bits per heavy atom. The first kappa shape index (κ1) is 29.0. The van der Waals surface area contributed by atoms with E-state index >= 15 is 0 Å². The van der Waals surface area contributed by atoms with E-state index in [-0.39, 0.29) is 47.7 Å². The fourth-order valence-electron chi connectivity index (χ4n) is 7.08. The summed E-state index contributed by atoms with van der Waals surface area (Å²) in [6.45, 7) is 6.50. The van der Waals surface area contributed by atoms with Gasteiger partial charge in [-0.3, -0.25) is 24.0 Å². The standard InChI is InChI=1S/C29H43N5O5/c1-5-9-22(25(36)26(30)37)32-27(38)24-23-21(29(23,2)3)15-34(24)28(39)20(17-10-7-6-8-11-17)13-19(35)12-18-14-33(4)16-31-18/h14,16-17,20-24H,5-13,15H2,1-4H3,(H2,30,37)(H,32,38)/t20?,21?,22?,23?,24-/m0/s1. The summed E-state index contributed by atoms with van der Waals surface area (Å²) in [6.07, 6.45) is 9.60. The summed E-state index contributed by atoms with van der Waals surface area (Å²) in [7, 11) is 1.85. The predicted octanol–water partition coefficient (Wildman–Crippen LogP) is 1.94. The number of aromatic nitrogens is 2. The first-order valence-electron chi connectivity index (χ1n) is 14.4. The van der Waals surface area contributed by atoms with Crippen LogP contribution in [0.3, 0.4) is 0 Å². The molecule has 10 heteroatoms. The zero-order valence-corrected chi connectivity index (χ0v) is 23.7. The summed E-state index contributed by atoms with van der Waals surface area (Å²) in [5, 5.41) is 2.75. The molecule has 1 aromatic rings. The highest BCUT2D eigenvalue weighted by molar-refractivity contribution is 6.37. The lowest BCUT2D eigenvalue weighted by molar-refractivity contribution is -0.147. The van der Waals surface area contributed by atoms with Crippen molar-refractivity contribution in [2.24, 2.45) is 41.9 Å². The van der Waals surface area contributed by atoms with Crippen molar-refractivity contribution in [2.45, 2.75) is 90.6 Å². The normalized spacial score (nSPS) is 25.4. The predicted molar refractivity (Wildman–Crippen MR) is 144 cm³/mol. The van der Waals surface area contributed by atoms with Crippen LogP contribution in [0.25, 0.3) is 0 Å². The van der Waals surface area contributed by atoms with Gasteiger partial charge in [-0.2, -0.15) is 0 Å². The molecule has 1 aliphatic heterocycles. The molecule has 3 aliphatic rings. The Bertz CT molecular complexity index is 1120. The number of rotatable bonds is 12. The fourth-order valence-corrected chi connectivity index (χ4v) is 7.08. The summed E-state index contributed by atoms with van der Waals surface area (Å²) in [4.78, 5) is 71.0. The lowest BCUT2D eigenvalue weighted by atomic mass is 9.76. The summed E-state index contributed by atoms with van der Waals surface area (Å²) < 4.78 is 1.79. The van der Waals surface area contributed by atoms with E-state index in [1.54, 1.807) is 15.8 Å². The Morgan fingerprint density at radius 2 is 1.85 bits per heavy atom. The minimum absolute atomic E-state index is 0.0293. The van der Waals surface area contributed by atoms with Crippen molar-refractivity contribution in [1.29, 1.82) is 0 Å². The van der Waals surface area contributed by atoms with Crippen LogP contribution in [-0.4, -0.2) is 62.4 Å². The topological polar surface area (TPSA) is 144 Å². The van der Waals surface area contributed by atoms with Gasteiger partial charge in [-0.25, -0.2) is 4.98 Å². The van der Waals surface area contributed by atoms with Crippen LogP contribution in [0.1, 0.15) is 77.8 Å². The molecule has 4 rings (SSSR count). The summed E-state index contributed by atoms with van der Waals surface area (Å²) in [5.74, 6) is -2.77. The maximum atomic E-state index is 14.2. The minimum atomic E-state index is -1.08. The molecule has 3 fully saturated rings. The van der Waals surface area contributed by atoms with Crippen LogP contribution in [0.4, 0.5) is 0 Å². The number of carbonyl (C=O) groups excluding carboxylic acids is 5. The summed E-state index contributed by atoms with van der Waals surface area (Å²) in [6, 6.07) is -1.75. The molecule has 0 aromatic carbocycles. The van der Waals surface area contributed by atoms with Crippen molar-refractivity contribution in [3.63, 3.8) is 0 Å². The van der Waals surface area contributed by atoms with E-state index in [1.807, 2.05) is 20.2 Å². The summed E-state index contributed by atoms with van der Waals surface area (Å²) in [5.41, 5.74) is 5.80. The van der Waals surface area contributed by atoms with Crippen LogP contribution < -0.4 is 11.1 Å². The molecule has 2 aliphatic carbocycles. The van der Waals surface area contributed by atoms with Gasteiger partial charge in [-0.05, 0) is 42.4 Å². The fraction of sp³-hybridized carbons (Fsp3) is 0.724. The van der Waals surface area contributed by atoms with Crippen LogP contribution in [0.5, 0.6) is 0 Å². The van der Waals surface area contributed by atoms with E-state index in [0.29, 0.717) is 25.1 Å². The van der Waals surface area contributed by atoms with Crippen molar-refractivity contribution in [3.05, 3.63) is 18.2 Å². The molecule has 10 nitrogen and oxygen atoms in total. The van der Waals surface area contributed by atoms with E-state index < -0.39 is 35.6 Å². The number of hydrogen-bond acceptors (Lipinski definition) is 6. The maximum Gasteiger partial charge on any atom is 0.287 e. The molecular formula is C29H43N5O5. The maximum absolute atomic E-state index is 14.2. The zero-order valence-electron chi connectivity index (χ0n) is 23.7. The quantitative estimate of drug-likeness (QED) is 0.387. The molecule has 39 heavy (non-hydrogen) atoms. The average Bonchev–Trinajstić information content (AvgIpc) is 3.24. The molecule has 0 spiro atoms. The Kier molecular flexibility index (Phi) is 8.61. The molecule has 5 atom stereocenters. The van der Waals surface area contributed by atoms with Gasteiger partial charge in [0.2, 0.25) is 17.6 Å². The number of nitrogens with zero attached hydrogens (tertiary/aromatic N) is 3. The molecule has 2 heterocycles. The van der Waals surface area contributed by atoms with Crippen LogP contribution in [-0.2, 0) is 37.4 Å². The first-order valence-corrected chi connectivity index (χ1v) is 14.4. The third-order valence-electron chi connectivity index (χ3n) is 9.33. The van der Waals surface area contributed by atoms with Crippen molar-refractivity contribution in [1.82, 2.24) is 19.8 Å². The lowest BCUT2D eigenvalue weighted by Crippen LogP contribution is -2.56. The monoisotopic (exact) mass is 541 g/mol. The molecule has 0 radical (unpaired) electrons. The molecule has 2 saturated carbocycles. The average molecular weight is 542 g/mol. The van der Waals surface area contributed by atoms with Crippen LogP contribution >= 0.6 is 0 Å². The zero-order chi connectivity index (χ0) is 28.5. The molecule has 4 unspecified atom stereocenters. The number of hydrogen-bond donors (Lipinski definition) is 2. The van der Waals surface area contributed by atoms with Gasteiger partial charge >= 0.3 is 0 Å². The van der Waals surface area contributed by atoms with Crippen molar-refractivity contribution in [2.75, 3.05) is 6.54 Å². The van der Waals surface area contributed by atoms with Gasteiger partial charge < -0.3 is 20.5 Å². The number of aryl methyl sites for hydroxylation is 1.